The molecule has 0 fully saturated rings. The summed E-state index contributed by atoms with van der Waals surface area (Å²) in [6.45, 7) is 0. The highest BCUT2D eigenvalue weighted by Gasteiger charge is 2.14. The summed E-state index contributed by atoms with van der Waals surface area (Å²) >= 11 is 3.38. The van der Waals surface area contributed by atoms with Crippen LogP contribution in [-0.2, 0) is 6.42 Å². The molecule has 0 bridgehead atoms. The lowest BCUT2D eigenvalue weighted by Crippen LogP contribution is -2.12. The van der Waals surface area contributed by atoms with Crippen molar-refractivity contribution in [2.75, 3.05) is 5.32 Å². The van der Waals surface area contributed by atoms with Crippen molar-refractivity contribution in [3.8, 4) is 5.75 Å². The Kier molecular flexibility index (Phi) is 5.55. The smallest absolute Gasteiger partial charge is 0.152 e. The van der Waals surface area contributed by atoms with Crippen LogP contribution in [0, 0.1) is 0 Å². The van der Waals surface area contributed by atoms with Gasteiger partial charge in [-0.1, -0.05) is 66.7 Å². The summed E-state index contributed by atoms with van der Waals surface area (Å²) in [4.78, 5) is 0. The lowest BCUT2D eigenvalue weighted by molar-refractivity contribution is 0.472. The van der Waals surface area contributed by atoms with E-state index in [4.69, 9.17) is 0 Å². The first kappa shape index (κ1) is 16.6. The molecule has 2 N–H and O–H groups in total. The minimum Gasteiger partial charge on any atom is -0.505 e. The first-order valence-electron chi connectivity index (χ1n) is 8.07. The Morgan fingerprint density at radius 1 is 0.833 bits per heavy atom. The third kappa shape index (κ3) is 4.18. The Labute approximate surface area is 151 Å². The van der Waals surface area contributed by atoms with E-state index in [1.54, 1.807) is 0 Å². The Hall–Kier alpha value is -2.26. The fourth-order valence-corrected chi connectivity index (χ4v) is 3.15. The molecule has 122 valence electrons. The third-order valence-corrected chi connectivity index (χ3v) is 4.72. The highest BCUT2D eigenvalue weighted by Crippen LogP contribution is 2.35. The van der Waals surface area contributed by atoms with E-state index >= 15 is 0 Å². The average Bonchev–Trinajstić information content (AvgIpc) is 2.63. The Bertz CT molecular complexity index is 774. The number of hydrogen-bond acceptors (Lipinski definition) is 2. The van der Waals surface area contributed by atoms with Crippen LogP contribution < -0.4 is 5.32 Å². The summed E-state index contributed by atoms with van der Waals surface area (Å²) < 4.78 is 0.697. The van der Waals surface area contributed by atoms with E-state index < -0.39 is 0 Å². The van der Waals surface area contributed by atoms with Crippen molar-refractivity contribution in [2.24, 2.45) is 0 Å². The largest absolute Gasteiger partial charge is 0.505 e. The second-order valence-corrected chi connectivity index (χ2v) is 6.62. The highest BCUT2D eigenvalue weighted by atomic mass is 79.9. The maximum atomic E-state index is 10.3. The van der Waals surface area contributed by atoms with Gasteiger partial charge in [-0.2, -0.15) is 0 Å². The van der Waals surface area contributed by atoms with Gasteiger partial charge in [0.15, 0.2) is 5.75 Å². The van der Waals surface area contributed by atoms with Gasteiger partial charge in [0.05, 0.1) is 16.2 Å². The van der Waals surface area contributed by atoms with Crippen LogP contribution in [-0.4, -0.2) is 5.11 Å². The first-order chi connectivity index (χ1) is 11.7. The predicted molar refractivity (Wildman–Crippen MR) is 103 cm³/mol. The van der Waals surface area contributed by atoms with Crippen LogP contribution in [0.25, 0.3) is 0 Å². The number of para-hydroxylation sites is 1. The van der Waals surface area contributed by atoms with Crippen LogP contribution in [0.15, 0.2) is 83.3 Å². The molecule has 3 aromatic carbocycles. The quantitative estimate of drug-likeness (QED) is 0.517. The molecule has 3 rings (SSSR count). The Balaban J connectivity index is 1.81. The summed E-state index contributed by atoms with van der Waals surface area (Å²) in [7, 11) is 0. The second-order valence-electron chi connectivity index (χ2n) is 5.77. The van der Waals surface area contributed by atoms with E-state index in [1.165, 1.54) is 11.1 Å². The highest BCUT2D eigenvalue weighted by molar-refractivity contribution is 9.10. The molecule has 0 aliphatic carbocycles. The summed E-state index contributed by atoms with van der Waals surface area (Å²) in [5.74, 6) is 0.248. The molecule has 0 saturated carbocycles. The molecule has 3 heteroatoms. The lowest BCUT2D eigenvalue weighted by atomic mass is 9.98. The first-order valence-corrected chi connectivity index (χ1v) is 8.86. The van der Waals surface area contributed by atoms with Crippen molar-refractivity contribution >= 4 is 21.6 Å². The van der Waals surface area contributed by atoms with Crippen molar-refractivity contribution in [3.05, 3.63) is 94.5 Å². The minimum atomic E-state index is 0.131. The van der Waals surface area contributed by atoms with Gasteiger partial charge in [0, 0.05) is 0 Å². The molecule has 1 unspecified atom stereocenters. The number of rotatable bonds is 6. The van der Waals surface area contributed by atoms with Crippen molar-refractivity contribution in [2.45, 2.75) is 18.9 Å². The van der Waals surface area contributed by atoms with Gasteiger partial charge >= 0.3 is 0 Å². The summed E-state index contributed by atoms with van der Waals surface area (Å²) in [6, 6.07) is 26.6. The monoisotopic (exact) mass is 381 g/mol. The molecule has 2 nitrogen and oxygen atoms in total. The minimum absolute atomic E-state index is 0.131. The van der Waals surface area contributed by atoms with Gasteiger partial charge in [-0.15, -0.1) is 0 Å². The number of halogens is 1. The Morgan fingerprint density at radius 2 is 1.50 bits per heavy atom. The van der Waals surface area contributed by atoms with E-state index in [0.717, 1.165) is 18.5 Å². The normalized spacial score (nSPS) is 11.9. The fourth-order valence-electron chi connectivity index (χ4n) is 2.78. The van der Waals surface area contributed by atoms with E-state index in [-0.39, 0.29) is 11.8 Å². The zero-order chi connectivity index (χ0) is 16.8. The maximum Gasteiger partial charge on any atom is 0.152 e. The fraction of sp³-hybridized carbons (Fsp3) is 0.143. The van der Waals surface area contributed by atoms with Gasteiger partial charge in [-0.05, 0) is 52.0 Å². The van der Waals surface area contributed by atoms with Crippen LogP contribution >= 0.6 is 15.9 Å². The van der Waals surface area contributed by atoms with Crippen LogP contribution in [0.3, 0.4) is 0 Å². The molecule has 0 heterocycles. The van der Waals surface area contributed by atoms with Gasteiger partial charge < -0.3 is 10.4 Å². The molecule has 24 heavy (non-hydrogen) atoms. The number of phenolic OH excluding ortho intramolecular Hbond substituents is 1. The molecule has 0 radical (unpaired) electrons. The number of anilines is 1. The average molecular weight is 382 g/mol. The molecule has 0 amide bonds. The van der Waals surface area contributed by atoms with Crippen LogP contribution in [0.5, 0.6) is 5.75 Å². The van der Waals surface area contributed by atoms with E-state index in [2.05, 4.69) is 57.6 Å². The predicted octanol–water partition coefficient (Wildman–Crippen LogP) is 5.94. The van der Waals surface area contributed by atoms with Gasteiger partial charge in [0.2, 0.25) is 0 Å². The maximum absolute atomic E-state index is 10.3. The van der Waals surface area contributed by atoms with Gasteiger partial charge in [-0.3, -0.25) is 0 Å². The summed E-state index contributed by atoms with van der Waals surface area (Å²) in [6.07, 6.45) is 1.92. The SMILES string of the molecule is Oc1c(Br)cccc1NC(CCc1ccccc1)c1ccccc1. The van der Waals surface area contributed by atoms with E-state index in [1.807, 2.05) is 42.5 Å². The molecule has 0 aromatic heterocycles. The van der Waals surface area contributed by atoms with Crippen molar-refractivity contribution in [1.82, 2.24) is 0 Å². The standard InChI is InChI=1S/C21H20BrNO/c22-18-12-7-13-20(21(18)24)23-19(17-10-5-2-6-11-17)15-14-16-8-3-1-4-9-16/h1-13,19,23-24H,14-15H2. The van der Waals surface area contributed by atoms with Crippen molar-refractivity contribution in [3.63, 3.8) is 0 Å². The van der Waals surface area contributed by atoms with Crippen molar-refractivity contribution < 1.29 is 5.11 Å². The van der Waals surface area contributed by atoms with Gasteiger partial charge in [0.25, 0.3) is 0 Å². The molecule has 0 aliphatic heterocycles. The van der Waals surface area contributed by atoms with Gasteiger partial charge in [-0.25, -0.2) is 0 Å². The van der Waals surface area contributed by atoms with Crippen LogP contribution in [0.4, 0.5) is 5.69 Å². The summed E-state index contributed by atoms with van der Waals surface area (Å²) in [5, 5.41) is 13.8. The number of phenols is 1. The van der Waals surface area contributed by atoms with Crippen LogP contribution in [0.1, 0.15) is 23.6 Å². The number of aromatic hydroxyl groups is 1. The van der Waals surface area contributed by atoms with E-state index in [9.17, 15) is 5.11 Å². The molecule has 1 atom stereocenters. The summed E-state index contributed by atoms with van der Waals surface area (Å²) in [5.41, 5.74) is 3.28. The molecule has 0 aliphatic rings. The number of nitrogens with one attached hydrogen (secondary N) is 1. The molecule has 0 saturated heterocycles. The zero-order valence-electron chi connectivity index (χ0n) is 13.3. The number of aryl methyl sites for hydroxylation is 1. The van der Waals surface area contributed by atoms with Crippen molar-refractivity contribution in [1.29, 1.82) is 0 Å². The van der Waals surface area contributed by atoms with Gasteiger partial charge in [0.1, 0.15) is 0 Å². The molecular weight excluding hydrogens is 362 g/mol. The molecular formula is C21H20BrNO. The second kappa shape index (κ2) is 8.02. The lowest BCUT2D eigenvalue weighted by Gasteiger charge is -2.21. The Morgan fingerprint density at radius 3 is 2.21 bits per heavy atom. The van der Waals surface area contributed by atoms with Crippen LogP contribution in [0.2, 0.25) is 0 Å². The number of benzene rings is 3. The molecule has 3 aromatic rings. The third-order valence-electron chi connectivity index (χ3n) is 4.08. The molecule has 0 spiro atoms. The number of hydrogen-bond donors (Lipinski definition) is 2. The van der Waals surface area contributed by atoms with E-state index in [0.29, 0.717) is 4.47 Å². The zero-order valence-corrected chi connectivity index (χ0v) is 14.9. The topological polar surface area (TPSA) is 32.3 Å².